The van der Waals surface area contributed by atoms with E-state index < -0.39 is 0 Å². The van der Waals surface area contributed by atoms with Crippen molar-refractivity contribution >= 4 is 17.3 Å². The number of hydrogen-bond donors (Lipinski definition) is 1. The second-order valence-corrected chi connectivity index (χ2v) is 4.93. The van der Waals surface area contributed by atoms with Gasteiger partial charge in [-0.05, 0) is 61.7 Å². The van der Waals surface area contributed by atoms with Gasteiger partial charge < -0.3 is 10.5 Å². The molecule has 94 valence electrons. The third-order valence-corrected chi connectivity index (χ3v) is 3.19. The van der Waals surface area contributed by atoms with Gasteiger partial charge in [0.1, 0.15) is 11.5 Å². The lowest BCUT2D eigenvalue weighted by molar-refractivity contribution is 0.480. The minimum Gasteiger partial charge on any atom is -0.455 e. The number of nitrogens with two attached hydrogens (primary N) is 1. The first-order valence-electron chi connectivity index (χ1n) is 5.78. The molecule has 0 saturated heterocycles. The van der Waals surface area contributed by atoms with Gasteiger partial charge in [0.05, 0.1) is 5.69 Å². The van der Waals surface area contributed by atoms with E-state index in [1.807, 2.05) is 19.9 Å². The van der Waals surface area contributed by atoms with Crippen LogP contribution in [0.2, 0.25) is 5.02 Å². The maximum atomic E-state index is 5.89. The van der Waals surface area contributed by atoms with Crippen LogP contribution in [0, 0.1) is 20.8 Å². The van der Waals surface area contributed by atoms with Crippen molar-refractivity contribution < 1.29 is 4.74 Å². The largest absolute Gasteiger partial charge is 0.455 e. The van der Waals surface area contributed by atoms with Crippen molar-refractivity contribution in [2.45, 2.75) is 20.8 Å². The molecule has 0 amide bonds. The smallest absolute Gasteiger partial charge is 0.150 e. The van der Waals surface area contributed by atoms with E-state index in [-0.39, 0.29) is 0 Å². The van der Waals surface area contributed by atoms with Gasteiger partial charge in [-0.2, -0.15) is 0 Å². The van der Waals surface area contributed by atoms with Crippen molar-refractivity contribution in [2.75, 3.05) is 5.73 Å². The summed E-state index contributed by atoms with van der Waals surface area (Å²) in [7, 11) is 0. The highest BCUT2D eigenvalue weighted by Crippen LogP contribution is 2.33. The first-order valence-corrected chi connectivity index (χ1v) is 6.16. The topological polar surface area (TPSA) is 35.2 Å². The summed E-state index contributed by atoms with van der Waals surface area (Å²) in [4.78, 5) is 0. The van der Waals surface area contributed by atoms with Crippen LogP contribution in [0.3, 0.4) is 0 Å². The summed E-state index contributed by atoms with van der Waals surface area (Å²) in [5.41, 5.74) is 9.92. The molecule has 0 bridgehead atoms. The van der Waals surface area contributed by atoms with Crippen molar-refractivity contribution in [2.24, 2.45) is 0 Å². The molecule has 18 heavy (non-hydrogen) atoms. The summed E-state index contributed by atoms with van der Waals surface area (Å²) in [6.45, 7) is 6.15. The Hall–Kier alpha value is -1.67. The number of hydrogen-bond acceptors (Lipinski definition) is 2. The molecule has 0 atom stereocenters. The SMILES string of the molecule is Cc1cc(C)c(C)c(Oc2ccc(Cl)cc2N)c1. The van der Waals surface area contributed by atoms with Crippen LogP contribution in [-0.4, -0.2) is 0 Å². The van der Waals surface area contributed by atoms with Crippen molar-refractivity contribution in [3.63, 3.8) is 0 Å². The van der Waals surface area contributed by atoms with Crippen LogP contribution in [0.5, 0.6) is 11.5 Å². The lowest BCUT2D eigenvalue weighted by Gasteiger charge is -2.13. The Morgan fingerprint density at radius 1 is 1.00 bits per heavy atom. The van der Waals surface area contributed by atoms with Gasteiger partial charge in [0.15, 0.2) is 0 Å². The highest BCUT2D eigenvalue weighted by atomic mass is 35.5. The molecule has 0 aliphatic carbocycles. The van der Waals surface area contributed by atoms with Crippen LogP contribution in [0.15, 0.2) is 30.3 Å². The molecule has 2 nitrogen and oxygen atoms in total. The fraction of sp³-hybridized carbons (Fsp3) is 0.200. The van der Waals surface area contributed by atoms with Gasteiger partial charge in [-0.25, -0.2) is 0 Å². The average molecular weight is 262 g/mol. The Balaban J connectivity index is 2.40. The summed E-state index contributed by atoms with van der Waals surface area (Å²) >= 11 is 5.87. The van der Waals surface area contributed by atoms with Crippen LogP contribution < -0.4 is 10.5 Å². The first kappa shape index (κ1) is 12.8. The lowest BCUT2D eigenvalue weighted by Crippen LogP contribution is -1.95. The number of rotatable bonds is 2. The minimum atomic E-state index is 0.543. The van der Waals surface area contributed by atoms with E-state index in [0.717, 1.165) is 11.3 Å². The Bertz CT molecular complexity index is 593. The molecule has 0 saturated carbocycles. The van der Waals surface area contributed by atoms with Crippen LogP contribution >= 0.6 is 11.6 Å². The maximum absolute atomic E-state index is 5.89. The molecule has 2 aromatic carbocycles. The number of anilines is 1. The van der Waals surface area contributed by atoms with Crippen molar-refractivity contribution in [1.82, 2.24) is 0 Å². The Morgan fingerprint density at radius 3 is 2.39 bits per heavy atom. The number of aryl methyl sites for hydroxylation is 2. The van der Waals surface area contributed by atoms with Crippen LogP contribution in [0.25, 0.3) is 0 Å². The summed E-state index contributed by atoms with van der Waals surface area (Å²) in [6.07, 6.45) is 0. The second kappa shape index (κ2) is 4.91. The van der Waals surface area contributed by atoms with E-state index in [1.165, 1.54) is 11.1 Å². The summed E-state index contributed by atoms with van der Waals surface area (Å²) < 4.78 is 5.87. The summed E-state index contributed by atoms with van der Waals surface area (Å²) in [6, 6.07) is 9.39. The molecule has 0 aliphatic rings. The van der Waals surface area contributed by atoms with E-state index >= 15 is 0 Å². The molecule has 0 unspecified atom stereocenters. The van der Waals surface area contributed by atoms with Crippen LogP contribution in [0.1, 0.15) is 16.7 Å². The monoisotopic (exact) mass is 261 g/mol. The van der Waals surface area contributed by atoms with E-state index in [9.17, 15) is 0 Å². The molecular weight excluding hydrogens is 246 g/mol. The predicted octanol–water partition coefficient (Wildman–Crippen LogP) is 4.64. The molecule has 0 heterocycles. The summed E-state index contributed by atoms with van der Waals surface area (Å²) in [5.74, 6) is 1.47. The van der Waals surface area contributed by atoms with Gasteiger partial charge >= 0.3 is 0 Å². The quantitative estimate of drug-likeness (QED) is 0.800. The molecule has 2 N–H and O–H groups in total. The first-order chi connectivity index (χ1) is 8.47. The number of nitrogen functional groups attached to an aromatic ring is 1. The molecule has 0 fully saturated rings. The van der Waals surface area contributed by atoms with Gasteiger partial charge in [-0.15, -0.1) is 0 Å². The molecule has 0 radical (unpaired) electrons. The van der Waals surface area contributed by atoms with E-state index in [4.69, 9.17) is 22.1 Å². The Labute approximate surface area is 112 Å². The van der Waals surface area contributed by atoms with Crippen molar-refractivity contribution in [1.29, 1.82) is 0 Å². The third-order valence-electron chi connectivity index (χ3n) is 2.96. The van der Waals surface area contributed by atoms with Crippen LogP contribution in [0.4, 0.5) is 5.69 Å². The molecule has 2 rings (SSSR count). The molecular formula is C15H16ClNO. The fourth-order valence-corrected chi connectivity index (χ4v) is 2.02. The zero-order valence-corrected chi connectivity index (χ0v) is 11.5. The van der Waals surface area contributed by atoms with Crippen molar-refractivity contribution in [3.8, 4) is 11.5 Å². The van der Waals surface area contributed by atoms with Gasteiger partial charge in [0.2, 0.25) is 0 Å². The standard InChI is InChI=1S/C15H16ClNO/c1-9-6-10(2)11(3)15(7-9)18-14-5-4-12(16)8-13(14)17/h4-8H,17H2,1-3H3. The van der Waals surface area contributed by atoms with Gasteiger partial charge in [-0.1, -0.05) is 17.7 Å². The van der Waals surface area contributed by atoms with Crippen LogP contribution in [-0.2, 0) is 0 Å². The fourth-order valence-electron chi connectivity index (χ4n) is 1.84. The molecule has 3 heteroatoms. The molecule has 0 spiro atoms. The predicted molar refractivity (Wildman–Crippen MR) is 76.6 cm³/mol. The zero-order chi connectivity index (χ0) is 13.3. The number of halogens is 1. The Morgan fingerprint density at radius 2 is 1.72 bits per heavy atom. The third kappa shape index (κ3) is 2.59. The van der Waals surface area contributed by atoms with Crippen molar-refractivity contribution in [3.05, 3.63) is 52.0 Å². The zero-order valence-electron chi connectivity index (χ0n) is 10.8. The second-order valence-electron chi connectivity index (χ2n) is 4.49. The summed E-state index contributed by atoms with van der Waals surface area (Å²) in [5, 5.41) is 0.608. The van der Waals surface area contributed by atoms with E-state index in [1.54, 1.807) is 18.2 Å². The minimum absolute atomic E-state index is 0.543. The van der Waals surface area contributed by atoms with Gasteiger partial charge in [-0.3, -0.25) is 0 Å². The lowest BCUT2D eigenvalue weighted by atomic mass is 10.1. The molecule has 0 aromatic heterocycles. The maximum Gasteiger partial charge on any atom is 0.150 e. The molecule has 0 aliphatic heterocycles. The molecule has 2 aromatic rings. The van der Waals surface area contributed by atoms with Gasteiger partial charge in [0, 0.05) is 5.02 Å². The number of benzene rings is 2. The van der Waals surface area contributed by atoms with E-state index in [0.29, 0.717) is 16.5 Å². The average Bonchev–Trinajstić information content (AvgIpc) is 2.29. The normalized spacial score (nSPS) is 10.4. The Kier molecular flexibility index (Phi) is 3.48. The van der Waals surface area contributed by atoms with Gasteiger partial charge in [0.25, 0.3) is 0 Å². The highest BCUT2D eigenvalue weighted by Gasteiger charge is 2.07. The van der Waals surface area contributed by atoms with E-state index in [2.05, 4.69) is 13.0 Å². The number of ether oxygens (including phenoxy) is 1. The highest BCUT2D eigenvalue weighted by molar-refractivity contribution is 6.30.